The van der Waals surface area contributed by atoms with Crippen molar-refractivity contribution in [3.63, 3.8) is 0 Å². The zero-order valence-corrected chi connectivity index (χ0v) is 48.8. The second kappa shape index (κ2) is 22.7. The van der Waals surface area contributed by atoms with E-state index >= 15 is 0 Å². The first-order valence-corrected chi connectivity index (χ1v) is 25.6. The van der Waals surface area contributed by atoms with Crippen molar-refractivity contribution < 1.29 is 57.6 Å². The molecule has 4 aromatic carbocycles. The number of aryl methyl sites for hydroxylation is 4. The zero-order valence-electron chi connectivity index (χ0n) is 45.8. The Bertz CT molecular complexity index is 3590. The summed E-state index contributed by atoms with van der Waals surface area (Å²) in [6, 6.07) is 29.5. The molecule has 0 aliphatic carbocycles. The summed E-state index contributed by atoms with van der Waals surface area (Å²) in [6.07, 6.45) is 2.28. The summed E-state index contributed by atoms with van der Waals surface area (Å²) in [7, 11) is 5.46. The van der Waals surface area contributed by atoms with Crippen LogP contribution < -0.4 is 9.97 Å². The van der Waals surface area contributed by atoms with Crippen molar-refractivity contribution in [1.82, 2.24) is 19.9 Å². The molecule has 0 saturated carbocycles. The Labute approximate surface area is 461 Å². The summed E-state index contributed by atoms with van der Waals surface area (Å²) >= 11 is 0. The molecular formula is C64H60N4O8Zn. The van der Waals surface area contributed by atoms with Crippen molar-refractivity contribution in [1.29, 1.82) is 0 Å². The average Bonchev–Trinajstić information content (AvgIpc) is 4.35. The van der Waals surface area contributed by atoms with E-state index < -0.39 is 23.9 Å². The van der Waals surface area contributed by atoms with Crippen molar-refractivity contribution in [3.05, 3.63) is 164 Å². The molecule has 5 heterocycles. The smallest absolute Gasteiger partial charge is 0.656 e. The molecule has 3 aromatic heterocycles. The van der Waals surface area contributed by atoms with Gasteiger partial charge in [0.1, 0.15) is 0 Å². The van der Waals surface area contributed by atoms with E-state index in [4.69, 9.17) is 38.9 Å². The van der Waals surface area contributed by atoms with Crippen molar-refractivity contribution >= 4 is 68.2 Å². The molecule has 0 saturated heterocycles. The first-order valence-electron chi connectivity index (χ1n) is 25.6. The number of allylic oxidation sites excluding steroid dienone is 4. The second-order valence-electron chi connectivity index (χ2n) is 18.9. The Morgan fingerprint density at radius 1 is 0.403 bits per heavy atom. The monoisotopic (exact) mass is 1080 g/mol. The van der Waals surface area contributed by atoms with E-state index in [-0.39, 0.29) is 19.5 Å². The van der Waals surface area contributed by atoms with Gasteiger partial charge in [-0.1, -0.05) is 98.5 Å². The quantitative estimate of drug-likeness (QED) is 0.0648. The number of hydrogen-bond acceptors (Lipinski definition) is 10. The fourth-order valence-electron chi connectivity index (χ4n) is 11.1. The van der Waals surface area contributed by atoms with Gasteiger partial charge in [-0.2, -0.15) is 0 Å². The van der Waals surface area contributed by atoms with Gasteiger partial charge in [-0.25, -0.2) is 29.1 Å². The minimum Gasteiger partial charge on any atom is -0.656 e. The molecule has 13 heteroatoms. The van der Waals surface area contributed by atoms with Gasteiger partial charge in [0.15, 0.2) is 0 Å². The molecule has 9 rings (SSSR count). The molecule has 0 spiro atoms. The first kappa shape index (κ1) is 55.2. The number of carbonyl (C=O) groups excluding carboxylic acids is 4. The van der Waals surface area contributed by atoms with Gasteiger partial charge in [-0.3, -0.25) is 0 Å². The molecule has 2 aliphatic heterocycles. The van der Waals surface area contributed by atoms with E-state index in [1.165, 1.54) is 28.4 Å². The Morgan fingerprint density at radius 3 is 0.922 bits per heavy atom. The maximum Gasteiger partial charge on any atom is 2.00 e. The first-order chi connectivity index (χ1) is 36.7. The van der Waals surface area contributed by atoms with Gasteiger partial charge in [-0.15, -0.1) is 22.1 Å². The van der Waals surface area contributed by atoms with Crippen LogP contribution in [0.5, 0.6) is 0 Å². The number of nitrogens with zero attached hydrogens (tertiary/aromatic N) is 4. The number of methoxy groups -OCH3 is 4. The summed E-state index contributed by atoms with van der Waals surface area (Å²) in [4.78, 5) is 76.5. The molecule has 2 aliphatic rings. The topological polar surface area (TPSA) is 159 Å². The van der Waals surface area contributed by atoms with Crippen LogP contribution in [-0.2, 0) is 51.3 Å². The number of hydrogen-bond donors (Lipinski definition) is 0. The summed E-state index contributed by atoms with van der Waals surface area (Å²) in [5.74, 6) is -1.96. The summed E-state index contributed by atoms with van der Waals surface area (Å²) in [5, 5.41) is 0. The van der Waals surface area contributed by atoms with Crippen molar-refractivity contribution in [2.24, 2.45) is 0 Å². The fourth-order valence-corrected chi connectivity index (χ4v) is 11.1. The average molecular weight is 1080 g/mol. The van der Waals surface area contributed by atoms with Crippen LogP contribution in [0.1, 0.15) is 141 Å². The van der Waals surface area contributed by atoms with Gasteiger partial charge < -0.3 is 28.9 Å². The van der Waals surface area contributed by atoms with Gasteiger partial charge in [-0.05, 0) is 169 Å². The Kier molecular flexibility index (Phi) is 16.3. The zero-order chi connectivity index (χ0) is 54.3. The Hall–Kier alpha value is -8.02. The van der Waals surface area contributed by atoms with E-state index in [0.717, 1.165) is 44.5 Å². The molecule has 0 N–H and O–H groups in total. The molecule has 0 fully saturated rings. The maximum absolute atomic E-state index is 13.4. The molecule has 0 unspecified atom stereocenters. The molecule has 0 radical (unpaired) electrons. The van der Waals surface area contributed by atoms with Crippen LogP contribution in [0.3, 0.4) is 0 Å². The summed E-state index contributed by atoms with van der Waals surface area (Å²) in [5.41, 5.74) is 19.8. The van der Waals surface area contributed by atoms with Crippen LogP contribution in [0.15, 0.2) is 97.1 Å². The van der Waals surface area contributed by atoms with Crippen molar-refractivity contribution in [2.45, 2.75) is 81.1 Å². The van der Waals surface area contributed by atoms with Gasteiger partial charge in [0.05, 0.1) is 73.5 Å². The Morgan fingerprint density at radius 2 is 0.675 bits per heavy atom. The third kappa shape index (κ3) is 9.56. The largest absolute Gasteiger partial charge is 2.00 e. The molecule has 7 aromatic rings. The van der Waals surface area contributed by atoms with E-state index in [1.54, 1.807) is 24.3 Å². The predicted octanol–water partition coefficient (Wildman–Crippen LogP) is 13.8. The van der Waals surface area contributed by atoms with Gasteiger partial charge >= 0.3 is 43.4 Å². The van der Waals surface area contributed by atoms with Gasteiger partial charge in [0, 0.05) is 0 Å². The number of ether oxygens (including phenoxy) is 4. The molecule has 8 bridgehead atoms. The third-order valence-electron chi connectivity index (χ3n) is 14.9. The number of benzene rings is 4. The molecule has 12 nitrogen and oxygen atoms in total. The minimum absolute atomic E-state index is 0. The molecule has 0 atom stereocenters. The number of rotatable bonds is 12. The van der Waals surface area contributed by atoms with Gasteiger partial charge in [0.25, 0.3) is 0 Å². The second-order valence-corrected chi connectivity index (χ2v) is 18.9. The van der Waals surface area contributed by atoms with E-state index in [9.17, 15) is 19.2 Å². The summed E-state index contributed by atoms with van der Waals surface area (Å²) < 4.78 is 21.1. The van der Waals surface area contributed by atoms with Crippen LogP contribution in [0.25, 0.3) is 88.9 Å². The standard InChI is InChI=1S/C64H60N4O8.Zn/c1-13-45-33(5)53-49(37-21-17-25-41(29-37)61(69)73-9)54-35(7)47(15-3)59(67-54)52(40-24-20-28-44(32-40)64(72)76-12)60-48(16-4)36(8)56(68-60)50(38-22-18-26-42(30-38)62(70)74-10)55-34(6)46(14-2)58(66-55)51(57(45)65-53)39-23-19-27-43(31-39)63(71)75-11;/h17-32H,13-16H2,1-12H3;/q-2;+2. The number of fused-ring (bicyclic) bond motifs is 8. The van der Waals surface area contributed by atoms with Gasteiger partial charge in [0.2, 0.25) is 0 Å². The van der Waals surface area contributed by atoms with E-state index in [0.29, 0.717) is 137 Å². The van der Waals surface area contributed by atoms with E-state index in [1.807, 2.05) is 72.8 Å². The number of carbonyl (C=O) groups is 4. The van der Waals surface area contributed by atoms with Crippen molar-refractivity contribution in [3.8, 4) is 44.5 Å². The minimum atomic E-state index is -0.489. The van der Waals surface area contributed by atoms with Crippen LogP contribution in [0.2, 0.25) is 0 Å². The molecule has 0 amide bonds. The van der Waals surface area contributed by atoms with Crippen LogP contribution in [-0.4, -0.2) is 62.3 Å². The maximum atomic E-state index is 13.4. The number of esters is 4. The van der Waals surface area contributed by atoms with Crippen molar-refractivity contribution in [2.75, 3.05) is 28.4 Å². The third-order valence-corrected chi connectivity index (χ3v) is 14.9. The normalized spacial score (nSPS) is 12.1. The fraction of sp³-hybridized carbons (Fsp3) is 0.250. The molecular weight excluding hydrogens is 1020 g/mol. The van der Waals surface area contributed by atoms with Crippen LogP contribution in [0, 0.1) is 13.8 Å². The SMILES string of the molecule is CCC1=C(C)c2nc1c(-c1cccc(C(=O)OC)c1)c1[n-]c(c(C)c1CC)c(-c1cccc(C(=O)OC)c1)c1nc(c(-c3cccc(C(=O)OC)c3)c3[n-]c(c(C)c3CC)c2-c2cccc(C(=O)OC)c2)C(CC)=C1C.[Zn+2]. The number of aromatic nitrogens is 4. The molecule has 77 heavy (non-hydrogen) atoms. The van der Waals surface area contributed by atoms with Crippen LogP contribution >= 0.6 is 0 Å². The van der Waals surface area contributed by atoms with E-state index in [2.05, 4.69) is 55.4 Å². The summed E-state index contributed by atoms with van der Waals surface area (Å²) in [6.45, 7) is 16.7. The van der Waals surface area contributed by atoms with Crippen LogP contribution in [0.4, 0.5) is 0 Å². The Balaban J connectivity index is 0.00000784. The predicted molar refractivity (Wildman–Crippen MR) is 300 cm³/mol. The molecule has 386 valence electrons.